The molecule has 1 amide bonds. The second-order valence-electron chi connectivity index (χ2n) is 5.89. The highest BCUT2D eigenvalue weighted by molar-refractivity contribution is 5.79. The molecule has 4 heteroatoms. The van der Waals surface area contributed by atoms with Gasteiger partial charge in [0.05, 0.1) is 5.69 Å². The predicted octanol–water partition coefficient (Wildman–Crippen LogP) is 2.62. The van der Waals surface area contributed by atoms with Gasteiger partial charge in [-0.2, -0.15) is 0 Å². The van der Waals surface area contributed by atoms with Crippen LogP contribution in [0.15, 0.2) is 18.3 Å². The highest BCUT2D eigenvalue weighted by atomic mass is 16.2. The zero-order valence-corrected chi connectivity index (χ0v) is 13.1. The summed E-state index contributed by atoms with van der Waals surface area (Å²) in [5, 5.41) is 0. The first-order chi connectivity index (χ1) is 10.1. The molecule has 0 bridgehead atoms. The van der Waals surface area contributed by atoms with Gasteiger partial charge in [0, 0.05) is 37.3 Å². The van der Waals surface area contributed by atoms with Gasteiger partial charge in [0.25, 0.3) is 0 Å². The van der Waals surface area contributed by atoms with Crippen LogP contribution in [0.1, 0.15) is 37.2 Å². The number of hydrogen-bond acceptors (Lipinski definition) is 2. The summed E-state index contributed by atoms with van der Waals surface area (Å²) in [6.07, 6.45) is 4.78. The lowest BCUT2D eigenvalue weighted by atomic mass is 9.88. The molecule has 112 valence electrons. The lowest BCUT2D eigenvalue weighted by molar-refractivity contribution is -0.135. The highest BCUT2D eigenvalue weighted by Gasteiger charge is 2.30. The van der Waals surface area contributed by atoms with Crippen molar-refractivity contribution < 1.29 is 4.79 Å². The zero-order chi connectivity index (χ0) is 15.0. The molecule has 1 atom stereocenters. The predicted molar refractivity (Wildman–Crippen MR) is 83.4 cm³/mol. The largest absolute Gasteiger partial charge is 0.343 e. The average molecular weight is 285 g/mol. The first kappa shape index (κ1) is 14.1. The monoisotopic (exact) mass is 285 g/mol. The Bertz CT molecular complexity index is 670. The minimum atomic E-state index is 0.109. The van der Waals surface area contributed by atoms with Crippen molar-refractivity contribution in [1.82, 2.24) is 14.3 Å². The van der Waals surface area contributed by atoms with Gasteiger partial charge in [-0.25, -0.2) is 4.98 Å². The summed E-state index contributed by atoms with van der Waals surface area (Å²) in [5.74, 6) is 0.408. The summed E-state index contributed by atoms with van der Waals surface area (Å²) in [6.45, 7) is 7.78. The number of fused-ring (bicyclic) bond motifs is 3. The smallest absolute Gasteiger partial charge is 0.226 e. The van der Waals surface area contributed by atoms with Crippen molar-refractivity contribution in [1.29, 1.82) is 0 Å². The molecule has 0 radical (unpaired) electrons. The third kappa shape index (κ3) is 2.43. The Morgan fingerprint density at radius 1 is 1.38 bits per heavy atom. The molecule has 0 spiro atoms. The van der Waals surface area contributed by atoms with Crippen molar-refractivity contribution >= 4 is 11.6 Å². The van der Waals surface area contributed by atoms with Crippen LogP contribution in [-0.4, -0.2) is 33.3 Å². The minimum Gasteiger partial charge on any atom is -0.343 e. The second-order valence-corrected chi connectivity index (χ2v) is 5.89. The van der Waals surface area contributed by atoms with Crippen molar-refractivity contribution in [3.05, 3.63) is 35.3 Å². The van der Waals surface area contributed by atoms with Gasteiger partial charge < -0.3 is 9.30 Å². The van der Waals surface area contributed by atoms with Crippen LogP contribution < -0.4 is 0 Å². The van der Waals surface area contributed by atoms with E-state index in [0.717, 1.165) is 38.0 Å². The van der Waals surface area contributed by atoms with Crippen molar-refractivity contribution in [3.63, 3.8) is 0 Å². The summed E-state index contributed by atoms with van der Waals surface area (Å²) >= 11 is 0. The number of carbonyl (C=O) groups is 1. The van der Waals surface area contributed by atoms with Gasteiger partial charge in [-0.3, -0.25) is 4.79 Å². The van der Waals surface area contributed by atoms with E-state index in [1.807, 2.05) is 18.7 Å². The van der Waals surface area contributed by atoms with E-state index in [0.29, 0.717) is 5.91 Å². The van der Waals surface area contributed by atoms with E-state index in [9.17, 15) is 4.79 Å². The fourth-order valence-corrected chi connectivity index (χ4v) is 3.32. The summed E-state index contributed by atoms with van der Waals surface area (Å²) < 4.78 is 2.17. The molecule has 1 aliphatic rings. The second kappa shape index (κ2) is 5.51. The van der Waals surface area contributed by atoms with E-state index in [4.69, 9.17) is 4.98 Å². The van der Waals surface area contributed by atoms with Gasteiger partial charge in [0.1, 0.15) is 5.65 Å². The molecular weight excluding hydrogens is 262 g/mol. The van der Waals surface area contributed by atoms with Gasteiger partial charge >= 0.3 is 0 Å². The number of imidazole rings is 1. The molecule has 0 fully saturated rings. The maximum absolute atomic E-state index is 12.6. The molecule has 0 N–H and O–H groups in total. The highest BCUT2D eigenvalue weighted by Crippen LogP contribution is 2.28. The Morgan fingerprint density at radius 2 is 2.14 bits per heavy atom. The van der Waals surface area contributed by atoms with Gasteiger partial charge in [0.2, 0.25) is 5.91 Å². The number of aromatic nitrogens is 2. The van der Waals surface area contributed by atoms with E-state index in [2.05, 4.69) is 29.7 Å². The summed E-state index contributed by atoms with van der Waals surface area (Å²) in [6, 6.07) is 4.15. The first-order valence-electron chi connectivity index (χ1n) is 7.89. The average Bonchev–Trinajstić information content (AvgIpc) is 2.85. The van der Waals surface area contributed by atoms with Gasteiger partial charge in [-0.1, -0.05) is 6.07 Å². The fraction of sp³-hybridized carbons (Fsp3) is 0.529. The number of amides is 1. The Morgan fingerprint density at radius 3 is 2.86 bits per heavy atom. The maximum Gasteiger partial charge on any atom is 0.226 e. The van der Waals surface area contributed by atoms with Crippen LogP contribution in [-0.2, 0) is 17.6 Å². The van der Waals surface area contributed by atoms with Crippen LogP contribution in [0.2, 0.25) is 0 Å². The number of carbonyl (C=O) groups excluding carboxylic acids is 1. The molecule has 1 unspecified atom stereocenters. The number of hydrogen-bond donors (Lipinski definition) is 0. The SMILES string of the molecule is CCN(CC)C(=O)C1CCc2nc3ccc(C)cn3c2C1. The molecule has 0 aliphatic heterocycles. The maximum atomic E-state index is 12.6. The summed E-state index contributed by atoms with van der Waals surface area (Å²) in [7, 11) is 0. The molecule has 2 aromatic rings. The van der Waals surface area contributed by atoms with Crippen LogP contribution in [0, 0.1) is 12.8 Å². The Balaban J connectivity index is 1.92. The lowest BCUT2D eigenvalue weighted by Crippen LogP contribution is -2.38. The normalized spacial score (nSPS) is 17.8. The molecule has 4 nitrogen and oxygen atoms in total. The molecule has 3 rings (SSSR count). The van der Waals surface area contributed by atoms with Crippen molar-refractivity contribution in [3.8, 4) is 0 Å². The van der Waals surface area contributed by atoms with Crippen molar-refractivity contribution in [2.75, 3.05) is 13.1 Å². The zero-order valence-electron chi connectivity index (χ0n) is 13.1. The summed E-state index contributed by atoms with van der Waals surface area (Å²) in [4.78, 5) is 19.3. The van der Waals surface area contributed by atoms with Gasteiger partial charge in [-0.05, 0) is 45.2 Å². The molecule has 1 aliphatic carbocycles. The standard InChI is InChI=1S/C17H23N3O/c1-4-19(5-2)17(21)13-7-8-14-15(10-13)20-11-12(3)6-9-16(20)18-14/h6,9,11,13H,4-5,7-8,10H2,1-3H3. The molecule has 0 saturated carbocycles. The summed E-state index contributed by atoms with van der Waals surface area (Å²) in [5.41, 5.74) is 4.62. The van der Waals surface area contributed by atoms with Crippen LogP contribution in [0.3, 0.4) is 0 Å². The van der Waals surface area contributed by atoms with E-state index in [-0.39, 0.29) is 5.92 Å². The van der Waals surface area contributed by atoms with Crippen molar-refractivity contribution in [2.45, 2.75) is 40.0 Å². The van der Waals surface area contributed by atoms with E-state index in [1.165, 1.54) is 17.0 Å². The number of pyridine rings is 1. The van der Waals surface area contributed by atoms with Gasteiger partial charge in [-0.15, -0.1) is 0 Å². The minimum absolute atomic E-state index is 0.109. The fourth-order valence-electron chi connectivity index (χ4n) is 3.32. The van der Waals surface area contributed by atoms with Crippen LogP contribution in [0.5, 0.6) is 0 Å². The molecule has 2 heterocycles. The van der Waals surface area contributed by atoms with E-state index in [1.54, 1.807) is 0 Å². The van der Waals surface area contributed by atoms with E-state index >= 15 is 0 Å². The van der Waals surface area contributed by atoms with E-state index < -0.39 is 0 Å². The Kier molecular flexibility index (Phi) is 3.70. The van der Waals surface area contributed by atoms with Crippen LogP contribution >= 0.6 is 0 Å². The molecule has 2 aromatic heterocycles. The molecule has 0 saturated heterocycles. The number of rotatable bonds is 3. The van der Waals surface area contributed by atoms with Gasteiger partial charge in [0.15, 0.2) is 0 Å². The number of aryl methyl sites for hydroxylation is 2. The molecule has 0 aromatic carbocycles. The lowest BCUT2D eigenvalue weighted by Gasteiger charge is -2.27. The molecule has 21 heavy (non-hydrogen) atoms. The Labute approximate surface area is 125 Å². The quantitative estimate of drug-likeness (QED) is 0.869. The van der Waals surface area contributed by atoms with Crippen molar-refractivity contribution in [2.24, 2.45) is 5.92 Å². The van der Waals surface area contributed by atoms with Crippen LogP contribution in [0.4, 0.5) is 0 Å². The van der Waals surface area contributed by atoms with Crippen LogP contribution in [0.25, 0.3) is 5.65 Å². The third-order valence-corrected chi connectivity index (χ3v) is 4.54. The Hall–Kier alpha value is -1.84. The number of nitrogens with zero attached hydrogens (tertiary/aromatic N) is 3. The third-order valence-electron chi connectivity index (χ3n) is 4.54. The first-order valence-corrected chi connectivity index (χ1v) is 7.89. The topological polar surface area (TPSA) is 37.6 Å². The molecular formula is C17H23N3O.